The van der Waals surface area contributed by atoms with Gasteiger partial charge in [0, 0.05) is 32.1 Å². The van der Waals surface area contributed by atoms with Crippen LogP contribution in [0.2, 0.25) is 0 Å². The summed E-state index contributed by atoms with van der Waals surface area (Å²) in [5.74, 6) is 1.23. The molecule has 1 saturated heterocycles. The summed E-state index contributed by atoms with van der Waals surface area (Å²) in [7, 11) is 5.45. The third-order valence-corrected chi connectivity index (χ3v) is 5.62. The number of piperidine rings is 1. The lowest BCUT2D eigenvalue weighted by molar-refractivity contribution is -0.136. The van der Waals surface area contributed by atoms with E-state index in [-0.39, 0.29) is 21.6 Å². The lowest BCUT2D eigenvalue weighted by Crippen LogP contribution is -2.36. The number of pyridine rings is 1. The van der Waals surface area contributed by atoms with Crippen molar-refractivity contribution < 1.29 is 18.0 Å². The van der Waals surface area contributed by atoms with Crippen molar-refractivity contribution in [1.82, 2.24) is 15.2 Å². The molecule has 1 fully saturated rings. The summed E-state index contributed by atoms with van der Waals surface area (Å²) in [5.41, 5.74) is -0.431. The Balaban J connectivity index is 1.97. The van der Waals surface area contributed by atoms with Gasteiger partial charge in [-0.25, -0.2) is 4.98 Å². The maximum Gasteiger partial charge on any atom is 0.417 e. The first-order valence-electron chi connectivity index (χ1n) is 8.65. The van der Waals surface area contributed by atoms with Crippen LogP contribution in [0.25, 0.3) is 10.2 Å². The fourth-order valence-corrected chi connectivity index (χ4v) is 4.34. The molecule has 3 rings (SSSR count). The lowest BCUT2D eigenvalue weighted by Gasteiger charge is -2.34. The Labute approximate surface area is 160 Å². The highest BCUT2D eigenvalue weighted by Crippen LogP contribution is 2.40. The minimum Gasteiger partial charge on any atom is -0.357 e. The van der Waals surface area contributed by atoms with Crippen molar-refractivity contribution in [3.05, 3.63) is 28.5 Å². The quantitative estimate of drug-likeness (QED) is 0.856. The van der Waals surface area contributed by atoms with Crippen molar-refractivity contribution in [1.29, 1.82) is 0 Å². The van der Waals surface area contributed by atoms with Crippen LogP contribution in [0.3, 0.4) is 0 Å². The Kier molecular flexibility index (Phi) is 5.62. The summed E-state index contributed by atoms with van der Waals surface area (Å²) in [4.78, 5) is 20.4. The number of amides is 1. The molecule has 2 aromatic rings. The van der Waals surface area contributed by atoms with E-state index in [0.29, 0.717) is 13.1 Å². The zero-order valence-corrected chi connectivity index (χ0v) is 16.3. The number of thiophene rings is 1. The Bertz CT molecular complexity index is 826. The number of carbonyl (C=O) groups is 1. The van der Waals surface area contributed by atoms with Crippen LogP contribution in [0.1, 0.15) is 28.8 Å². The topological polar surface area (TPSA) is 48.5 Å². The van der Waals surface area contributed by atoms with Gasteiger partial charge in [0.1, 0.15) is 5.82 Å². The van der Waals surface area contributed by atoms with Gasteiger partial charge in [-0.1, -0.05) is 0 Å². The van der Waals surface area contributed by atoms with E-state index < -0.39 is 17.6 Å². The fraction of sp³-hybridized carbons (Fsp3) is 0.500. The fourth-order valence-electron chi connectivity index (χ4n) is 3.32. The zero-order chi connectivity index (χ0) is 19.8. The van der Waals surface area contributed by atoms with Crippen LogP contribution in [0.5, 0.6) is 0 Å². The molecule has 27 heavy (non-hydrogen) atoms. The SMILES string of the molecule is CNC(=O)c1csc2c(C(F)(F)F)cc(N3CC[C](CN(C)C)CC3)nc12. The normalized spacial score (nSPS) is 16.3. The first-order chi connectivity index (χ1) is 12.7. The van der Waals surface area contributed by atoms with Crippen LogP contribution in [-0.4, -0.2) is 56.6 Å². The van der Waals surface area contributed by atoms with E-state index in [9.17, 15) is 18.0 Å². The molecule has 3 heterocycles. The number of alkyl halides is 3. The Morgan fingerprint density at radius 3 is 2.56 bits per heavy atom. The molecule has 9 heteroatoms. The molecule has 0 saturated carbocycles. The molecule has 2 aromatic heterocycles. The molecule has 0 spiro atoms. The molecule has 0 atom stereocenters. The second kappa shape index (κ2) is 7.63. The van der Waals surface area contributed by atoms with E-state index in [1.165, 1.54) is 18.3 Å². The molecule has 0 aliphatic carbocycles. The van der Waals surface area contributed by atoms with Crippen molar-refractivity contribution >= 4 is 33.3 Å². The molecule has 1 radical (unpaired) electrons. The first kappa shape index (κ1) is 19.9. The third kappa shape index (κ3) is 4.19. The van der Waals surface area contributed by atoms with Crippen molar-refractivity contribution in [2.24, 2.45) is 0 Å². The van der Waals surface area contributed by atoms with Gasteiger partial charge >= 0.3 is 6.18 Å². The van der Waals surface area contributed by atoms with Gasteiger partial charge in [-0.2, -0.15) is 13.2 Å². The number of aromatic nitrogens is 1. The Morgan fingerprint density at radius 2 is 2.00 bits per heavy atom. The van der Waals surface area contributed by atoms with E-state index in [1.54, 1.807) is 0 Å². The number of halogens is 3. The van der Waals surface area contributed by atoms with Crippen LogP contribution < -0.4 is 10.2 Å². The number of fused-ring (bicyclic) bond motifs is 1. The third-order valence-electron chi connectivity index (χ3n) is 4.62. The van der Waals surface area contributed by atoms with Gasteiger partial charge in [0.25, 0.3) is 5.91 Å². The largest absolute Gasteiger partial charge is 0.417 e. The lowest BCUT2D eigenvalue weighted by atomic mass is 9.96. The van der Waals surface area contributed by atoms with Crippen LogP contribution in [0.4, 0.5) is 19.0 Å². The van der Waals surface area contributed by atoms with Gasteiger partial charge in [0.2, 0.25) is 0 Å². The van der Waals surface area contributed by atoms with Crippen molar-refractivity contribution in [3.8, 4) is 0 Å². The summed E-state index contributed by atoms with van der Waals surface area (Å²) in [6.07, 6.45) is -2.85. The first-order valence-corrected chi connectivity index (χ1v) is 9.53. The molecule has 1 aliphatic heterocycles. The zero-order valence-electron chi connectivity index (χ0n) is 15.5. The summed E-state index contributed by atoms with van der Waals surface area (Å²) in [5, 5.41) is 3.90. The van der Waals surface area contributed by atoms with Crippen LogP contribution in [0.15, 0.2) is 11.4 Å². The summed E-state index contributed by atoms with van der Waals surface area (Å²) in [6.45, 7) is 2.14. The Morgan fingerprint density at radius 1 is 1.33 bits per heavy atom. The second-order valence-electron chi connectivity index (χ2n) is 6.91. The maximum absolute atomic E-state index is 13.6. The molecule has 1 N–H and O–H groups in total. The molecular formula is C18H22F3N4OS. The smallest absolute Gasteiger partial charge is 0.357 e. The van der Waals surface area contributed by atoms with E-state index >= 15 is 0 Å². The summed E-state index contributed by atoms with van der Waals surface area (Å²) < 4.78 is 40.8. The average Bonchev–Trinajstić information content (AvgIpc) is 3.03. The molecule has 147 valence electrons. The molecule has 0 aromatic carbocycles. The molecule has 0 unspecified atom stereocenters. The Hall–Kier alpha value is -1.87. The molecule has 0 bridgehead atoms. The number of nitrogens with one attached hydrogen (secondary N) is 1. The van der Waals surface area contributed by atoms with Gasteiger partial charge in [0.15, 0.2) is 0 Å². The number of hydrogen-bond acceptors (Lipinski definition) is 5. The predicted molar refractivity (Wildman–Crippen MR) is 101 cm³/mol. The van der Waals surface area contributed by atoms with Gasteiger partial charge in [-0.3, -0.25) is 4.79 Å². The van der Waals surface area contributed by atoms with Crippen LogP contribution in [-0.2, 0) is 6.18 Å². The number of carbonyl (C=O) groups excluding carboxylic acids is 1. The maximum atomic E-state index is 13.6. The van der Waals surface area contributed by atoms with Gasteiger partial charge in [-0.15, -0.1) is 11.3 Å². The van der Waals surface area contributed by atoms with Gasteiger partial charge in [0.05, 0.1) is 21.3 Å². The predicted octanol–water partition coefficient (Wildman–Crippen LogP) is 3.41. The van der Waals surface area contributed by atoms with Crippen LogP contribution >= 0.6 is 11.3 Å². The van der Waals surface area contributed by atoms with Crippen LogP contribution in [0, 0.1) is 5.92 Å². The standard InChI is InChI=1S/C18H22F3N4OS/c1-22-17(26)12-10-27-16-13(18(19,20)21)8-14(23-15(12)16)25-6-4-11(5-7-25)9-24(2)3/h8,10H,4-7,9H2,1-3H3,(H,22,26). The van der Waals surface area contributed by atoms with Crippen molar-refractivity contribution in [2.45, 2.75) is 19.0 Å². The molecular weight excluding hydrogens is 377 g/mol. The number of anilines is 1. The minimum atomic E-state index is -4.50. The van der Waals surface area contributed by atoms with E-state index in [2.05, 4.69) is 15.2 Å². The second-order valence-corrected chi connectivity index (χ2v) is 7.79. The van der Waals surface area contributed by atoms with E-state index in [1.807, 2.05) is 19.0 Å². The highest BCUT2D eigenvalue weighted by Gasteiger charge is 2.36. The number of nitrogens with zero attached hydrogens (tertiary/aromatic N) is 3. The highest BCUT2D eigenvalue weighted by atomic mass is 32.1. The van der Waals surface area contributed by atoms with Gasteiger partial charge < -0.3 is 15.1 Å². The number of rotatable bonds is 4. The molecule has 5 nitrogen and oxygen atoms in total. The molecule has 1 amide bonds. The van der Waals surface area contributed by atoms with Crippen molar-refractivity contribution in [2.75, 3.05) is 45.7 Å². The number of hydrogen-bond donors (Lipinski definition) is 1. The van der Waals surface area contributed by atoms with E-state index in [4.69, 9.17) is 0 Å². The summed E-state index contributed by atoms with van der Waals surface area (Å²) >= 11 is 0.902. The van der Waals surface area contributed by atoms with Crippen molar-refractivity contribution in [3.63, 3.8) is 0 Å². The monoisotopic (exact) mass is 399 g/mol. The highest BCUT2D eigenvalue weighted by molar-refractivity contribution is 7.17. The molecule has 1 aliphatic rings. The van der Waals surface area contributed by atoms with E-state index in [0.717, 1.165) is 36.8 Å². The summed E-state index contributed by atoms with van der Waals surface area (Å²) in [6, 6.07) is 1.11. The minimum absolute atomic E-state index is 0.00159. The van der Waals surface area contributed by atoms with Gasteiger partial charge in [-0.05, 0) is 38.9 Å². The average molecular weight is 399 g/mol.